The molecule has 1 amide bonds. The Morgan fingerprint density at radius 2 is 1.94 bits per heavy atom. The largest absolute Gasteiger partial charge is 0.349 e. The van der Waals surface area contributed by atoms with E-state index in [0.717, 1.165) is 36.8 Å². The standard InChI is InChI=1S/C28H35N5O/c1-18-16-33(17-29-18)25-7-6-23-22-5-4-20-14-21(32-26(34)19-10-13-30-31-15-19)8-11-27(20,2)24(22)9-12-28(23,25)3/h4,7,10,13,15-17,21-24H,5-6,8-9,11-12,14H2,1-3H3,(H,32,34)/t21-,22?,23?,24?,27-,28-/m0/s1. The fraction of sp³-hybridized carbons (Fsp3) is 0.571. The molecule has 2 fully saturated rings. The molecular formula is C28H35N5O. The van der Waals surface area contributed by atoms with E-state index in [9.17, 15) is 4.79 Å². The molecule has 6 nitrogen and oxygen atoms in total. The van der Waals surface area contributed by atoms with E-state index in [-0.39, 0.29) is 22.8 Å². The highest BCUT2D eigenvalue weighted by Gasteiger charge is 2.57. The molecule has 0 aromatic carbocycles. The zero-order valence-electron chi connectivity index (χ0n) is 20.5. The molecule has 0 bridgehead atoms. The maximum atomic E-state index is 12.7. The summed E-state index contributed by atoms with van der Waals surface area (Å²) in [5, 5.41) is 10.9. The summed E-state index contributed by atoms with van der Waals surface area (Å²) < 4.78 is 2.29. The molecule has 6 atom stereocenters. The number of hydrogen-bond donors (Lipinski definition) is 1. The predicted octanol–water partition coefficient (Wildman–Crippen LogP) is 5.19. The molecule has 0 spiro atoms. The normalized spacial score (nSPS) is 36.6. The van der Waals surface area contributed by atoms with Gasteiger partial charge in [-0.15, -0.1) is 0 Å². The second-order valence-corrected chi connectivity index (χ2v) is 11.5. The first kappa shape index (κ1) is 21.8. The molecule has 2 aromatic rings. The van der Waals surface area contributed by atoms with Crippen molar-refractivity contribution in [2.45, 2.75) is 71.8 Å². The Labute approximate surface area is 202 Å². The summed E-state index contributed by atoms with van der Waals surface area (Å²) in [5.41, 5.74) is 5.22. The van der Waals surface area contributed by atoms with Crippen LogP contribution in [0.3, 0.4) is 0 Å². The summed E-state index contributed by atoms with van der Waals surface area (Å²) in [5.74, 6) is 2.14. The molecule has 4 aliphatic rings. The van der Waals surface area contributed by atoms with Crippen LogP contribution in [0.25, 0.3) is 5.70 Å². The van der Waals surface area contributed by atoms with Gasteiger partial charge in [-0.2, -0.15) is 10.2 Å². The summed E-state index contributed by atoms with van der Waals surface area (Å²) in [6.07, 6.45) is 20.4. The summed E-state index contributed by atoms with van der Waals surface area (Å²) in [7, 11) is 0. The number of aryl methyl sites for hydroxylation is 1. The number of rotatable bonds is 3. The van der Waals surface area contributed by atoms with E-state index in [1.807, 2.05) is 6.33 Å². The van der Waals surface area contributed by atoms with Crippen molar-refractivity contribution in [3.8, 4) is 0 Å². The second kappa shape index (κ2) is 7.89. The molecule has 4 aliphatic carbocycles. The average Bonchev–Trinajstić information content (AvgIpc) is 3.42. The summed E-state index contributed by atoms with van der Waals surface area (Å²) in [6.45, 7) is 7.10. The van der Waals surface area contributed by atoms with Crippen molar-refractivity contribution in [1.29, 1.82) is 0 Å². The number of aromatic nitrogens is 4. The van der Waals surface area contributed by atoms with E-state index in [0.29, 0.717) is 11.5 Å². The lowest BCUT2D eigenvalue weighted by Gasteiger charge is -2.58. The van der Waals surface area contributed by atoms with Crippen molar-refractivity contribution in [2.75, 3.05) is 0 Å². The SMILES string of the molecule is Cc1cn(C2=CCC3C4CC=C5C[C@@H](NC(=O)c6ccnnc6)CC[C@]5(C)C4CC[C@]23C)cn1. The zero-order valence-corrected chi connectivity index (χ0v) is 20.5. The van der Waals surface area contributed by atoms with Gasteiger partial charge in [-0.3, -0.25) is 4.79 Å². The van der Waals surface area contributed by atoms with Crippen molar-refractivity contribution in [3.05, 3.63) is 60.0 Å². The fourth-order valence-electron chi connectivity index (χ4n) is 7.98. The van der Waals surface area contributed by atoms with Gasteiger partial charge in [0.15, 0.2) is 0 Å². The maximum Gasteiger partial charge on any atom is 0.253 e. The van der Waals surface area contributed by atoms with Gasteiger partial charge in [-0.1, -0.05) is 31.6 Å². The molecule has 2 heterocycles. The van der Waals surface area contributed by atoms with E-state index in [4.69, 9.17) is 0 Å². The highest BCUT2D eigenvalue weighted by atomic mass is 16.1. The number of imidazole rings is 1. The minimum atomic E-state index is -0.0366. The van der Waals surface area contributed by atoms with Crippen LogP contribution in [-0.4, -0.2) is 31.7 Å². The van der Waals surface area contributed by atoms with E-state index in [1.165, 1.54) is 31.4 Å². The molecule has 6 rings (SSSR count). The number of nitrogens with zero attached hydrogens (tertiary/aromatic N) is 4. The van der Waals surface area contributed by atoms with Crippen LogP contribution in [0.4, 0.5) is 0 Å². The number of nitrogens with one attached hydrogen (secondary N) is 1. The monoisotopic (exact) mass is 457 g/mol. The molecule has 3 unspecified atom stereocenters. The van der Waals surface area contributed by atoms with E-state index in [1.54, 1.807) is 24.0 Å². The zero-order chi connectivity index (χ0) is 23.5. The number of carbonyl (C=O) groups is 1. The summed E-state index contributed by atoms with van der Waals surface area (Å²) in [6, 6.07) is 1.93. The highest BCUT2D eigenvalue weighted by Crippen LogP contribution is 2.65. The van der Waals surface area contributed by atoms with Crippen LogP contribution in [-0.2, 0) is 0 Å². The Kier molecular flexibility index (Phi) is 5.05. The molecule has 0 saturated heterocycles. The topological polar surface area (TPSA) is 72.7 Å². The molecular weight excluding hydrogens is 422 g/mol. The van der Waals surface area contributed by atoms with Gasteiger partial charge in [-0.05, 0) is 81.1 Å². The van der Waals surface area contributed by atoms with Gasteiger partial charge in [-0.25, -0.2) is 4.98 Å². The maximum absolute atomic E-state index is 12.7. The molecule has 0 radical (unpaired) electrons. The Morgan fingerprint density at radius 1 is 1.09 bits per heavy atom. The first-order valence-electron chi connectivity index (χ1n) is 12.9. The third-order valence-corrected chi connectivity index (χ3v) is 9.82. The van der Waals surface area contributed by atoms with E-state index in [2.05, 4.69) is 64.2 Å². The lowest BCUT2D eigenvalue weighted by molar-refractivity contribution is -0.0137. The van der Waals surface area contributed by atoms with Gasteiger partial charge in [0, 0.05) is 23.4 Å². The van der Waals surface area contributed by atoms with Crippen molar-refractivity contribution in [3.63, 3.8) is 0 Å². The van der Waals surface area contributed by atoms with Crippen LogP contribution >= 0.6 is 0 Å². The van der Waals surface area contributed by atoms with Crippen molar-refractivity contribution in [1.82, 2.24) is 25.1 Å². The van der Waals surface area contributed by atoms with E-state index < -0.39 is 0 Å². The van der Waals surface area contributed by atoms with Crippen LogP contribution in [0.5, 0.6) is 0 Å². The minimum absolute atomic E-state index is 0.0366. The smallest absolute Gasteiger partial charge is 0.253 e. The van der Waals surface area contributed by atoms with Crippen LogP contribution < -0.4 is 5.32 Å². The third kappa shape index (κ3) is 3.29. The van der Waals surface area contributed by atoms with Crippen LogP contribution in [0, 0.1) is 35.5 Å². The molecule has 2 aromatic heterocycles. The van der Waals surface area contributed by atoms with Gasteiger partial charge >= 0.3 is 0 Å². The highest BCUT2D eigenvalue weighted by molar-refractivity contribution is 5.93. The number of fused-ring (bicyclic) bond motifs is 5. The summed E-state index contributed by atoms with van der Waals surface area (Å²) in [4.78, 5) is 17.2. The van der Waals surface area contributed by atoms with E-state index >= 15 is 0 Å². The van der Waals surface area contributed by atoms with Crippen molar-refractivity contribution < 1.29 is 4.79 Å². The van der Waals surface area contributed by atoms with Crippen LogP contribution in [0.15, 0.2) is 48.7 Å². The Bertz CT molecular complexity index is 1170. The Morgan fingerprint density at radius 3 is 2.71 bits per heavy atom. The van der Waals surface area contributed by atoms with Crippen LogP contribution in [0.1, 0.15) is 74.8 Å². The first-order valence-corrected chi connectivity index (χ1v) is 12.9. The fourth-order valence-corrected chi connectivity index (χ4v) is 7.98. The van der Waals surface area contributed by atoms with Gasteiger partial charge < -0.3 is 9.88 Å². The summed E-state index contributed by atoms with van der Waals surface area (Å²) >= 11 is 0. The predicted molar refractivity (Wildman–Crippen MR) is 132 cm³/mol. The quantitative estimate of drug-likeness (QED) is 0.644. The average molecular weight is 458 g/mol. The number of hydrogen-bond acceptors (Lipinski definition) is 4. The molecule has 6 heteroatoms. The van der Waals surface area contributed by atoms with Gasteiger partial charge in [0.2, 0.25) is 0 Å². The molecule has 34 heavy (non-hydrogen) atoms. The van der Waals surface area contributed by atoms with Gasteiger partial charge in [0.25, 0.3) is 5.91 Å². The van der Waals surface area contributed by atoms with Gasteiger partial charge in [0.1, 0.15) is 0 Å². The Hall–Kier alpha value is -2.76. The molecule has 0 aliphatic heterocycles. The lowest BCUT2D eigenvalue weighted by Crippen LogP contribution is -2.51. The minimum Gasteiger partial charge on any atom is -0.349 e. The second-order valence-electron chi connectivity index (χ2n) is 11.5. The van der Waals surface area contributed by atoms with Crippen LogP contribution in [0.2, 0.25) is 0 Å². The molecule has 1 N–H and O–H groups in total. The third-order valence-electron chi connectivity index (χ3n) is 9.82. The van der Waals surface area contributed by atoms with Gasteiger partial charge in [0.05, 0.1) is 30.0 Å². The number of allylic oxidation sites excluding steroid dienone is 3. The first-order chi connectivity index (χ1) is 16.4. The molecule has 2 saturated carbocycles. The van der Waals surface area contributed by atoms with Crippen molar-refractivity contribution >= 4 is 11.6 Å². The Balaban J connectivity index is 1.20. The molecule has 178 valence electrons. The van der Waals surface area contributed by atoms with Crippen molar-refractivity contribution in [2.24, 2.45) is 28.6 Å². The number of carbonyl (C=O) groups excluding carboxylic acids is 1. The number of amides is 1. The lowest BCUT2D eigenvalue weighted by atomic mass is 9.47.